The summed E-state index contributed by atoms with van der Waals surface area (Å²) in [6.45, 7) is 3.66. The number of hydrogen-bond acceptors (Lipinski definition) is 5. The highest BCUT2D eigenvalue weighted by Gasteiger charge is 2.24. The van der Waals surface area contributed by atoms with Gasteiger partial charge in [0.1, 0.15) is 0 Å². The largest absolute Gasteiger partial charge is 0.480 e. The van der Waals surface area contributed by atoms with Gasteiger partial charge in [-0.25, -0.2) is 4.68 Å². The Morgan fingerprint density at radius 3 is 2.64 bits per heavy atom. The fourth-order valence-electron chi connectivity index (χ4n) is 2.72. The normalized spacial score (nSPS) is 14.4. The Hall–Kier alpha value is -2.44. The third kappa shape index (κ3) is 2.54. The molecule has 22 heavy (non-hydrogen) atoms. The van der Waals surface area contributed by atoms with E-state index in [4.69, 9.17) is 4.74 Å². The predicted octanol–water partition coefficient (Wildman–Crippen LogP) is 1.47. The van der Waals surface area contributed by atoms with Gasteiger partial charge in [-0.15, -0.1) is 10.2 Å². The fourth-order valence-corrected chi connectivity index (χ4v) is 2.72. The van der Waals surface area contributed by atoms with Crippen LogP contribution >= 0.6 is 0 Å². The lowest BCUT2D eigenvalue weighted by molar-refractivity contribution is 0.0791. The average Bonchev–Trinajstić information content (AvgIpc) is 3.23. The van der Waals surface area contributed by atoms with Gasteiger partial charge in [0, 0.05) is 19.2 Å². The Morgan fingerprint density at radius 2 is 2.05 bits per heavy atom. The van der Waals surface area contributed by atoms with E-state index in [0.29, 0.717) is 23.7 Å². The standard InChI is InChI=1S/C15H19N5O2/c1-3-12-11(15(21)19-8-4-5-9-19)10-16-20(12)13-6-7-14(22-2)18-17-13/h6-7,10H,3-5,8-9H2,1-2H3. The zero-order valence-electron chi connectivity index (χ0n) is 12.8. The minimum absolute atomic E-state index is 0.0575. The lowest BCUT2D eigenvalue weighted by Crippen LogP contribution is -2.28. The molecular formula is C15H19N5O2. The van der Waals surface area contributed by atoms with Gasteiger partial charge in [0.15, 0.2) is 5.82 Å². The minimum atomic E-state index is 0.0575. The summed E-state index contributed by atoms with van der Waals surface area (Å²) in [6, 6.07) is 3.51. The van der Waals surface area contributed by atoms with Gasteiger partial charge < -0.3 is 9.64 Å². The van der Waals surface area contributed by atoms with Crippen LogP contribution in [-0.4, -0.2) is 51.0 Å². The Balaban J connectivity index is 1.93. The number of rotatable bonds is 4. The molecule has 1 aliphatic heterocycles. The molecule has 1 saturated heterocycles. The maximum Gasteiger partial charge on any atom is 0.257 e. The predicted molar refractivity (Wildman–Crippen MR) is 80.2 cm³/mol. The lowest BCUT2D eigenvalue weighted by Gasteiger charge is -2.15. The fraction of sp³-hybridized carbons (Fsp3) is 0.467. The van der Waals surface area contributed by atoms with Crippen molar-refractivity contribution < 1.29 is 9.53 Å². The average molecular weight is 301 g/mol. The van der Waals surface area contributed by atoms with Crippen LogP contribution in [-0.2, 0) is 6.42 Å². The lowest BCUT2D eigenvalue weighted by atomic mass is 10.2. The Labute approximate surface area is 128 Å². The first-order valence-electron chi connectivity index (χ1n) is 7.49. The van der Waals surface area contributed by atoms with E-state index in [0.717, 1.165) is 31.6 Å². The van der Waals surface area contributed by atoms with Crippen LogP contribution in [0, 0.1) is 0 Å². The molecule has 0 aliphatic carbocycles. The summed E-state index contributed by atoms with van der Waals surface area (Å²) in [5.74, 6) is 1.09. The molecule has 2 aromatic heterocycles. The molecule has 3 rings (SSSR count). The van der Waals surface area contributed by atoms with Crippen LogP contribution in [0.15, 0.2) is 18.3 Å². The van der Waals surface area contributed by atoms with Crippen molar-refractivity contribution >= 4 is 5.91 Å². The van der Waals surface area contributed by atoms with E-state index in [-0.39, 0.29) is 5.91 Å². The van der Waals surface area contributed by atoms with Crippen LogP contribution in [0.1, 0.15) is 35.8 Å². The van der Waals surface area contributed by atoms with Crippen molar-refractivity contribution in [3.05, 3.63) is 29.6 Å². The third-order valence-corrected chi connectivity index (χ3v) is 3.88. The molecule has 0 saturated carbocycles. The number of carbonyl (C=O) groups is 1. The molecule has 3 heterocycles. The number of hydrogen-bond donors (Lipinski definition) is 0. The van der Waals surface area contributed by atoms with E-state index in [1.807, 2.05) is 11.8 Å². The van der Waals surface area contributed by atoms with E-state index < -0.39 is 0 Å². The minimum Gasteiger partial charge on any atom is -0.480 e. The van der Waals surface area contributed by atoms with Crippen LogP contribution in [0.2, 0.25) is 0 Å². The van der Waals surface area contributed by atoms with Crippen LogP contribution < -0.4 is 4.74 Å². The number of amides is 1. The Morgan fingerprint density at radius 1 is 1.27 bits per heavy atom. The van der Waals surface area contributed by atoms with Crippen molar-refractivity contribution in [3.8, 4) is 11.7 Å². The summed E-state index contributed by atoms with van der Waals surface area (Å²) >= 11 is 0. The summed E-state index contributed by atoms with van der Waals surface area (Å²) in [5.41, 5.74) is 1.51. The second kappa shape index (κ2) is 6.13. The van der Waals surface area contributed by atoms with Gasteiger partial charge in [0.05, 0.1) is 24.6 Å². The van der Waals surface area contributed by atoms with Gasteiger partial charge in [-0.05, 0) is 25.3 Å². The first kappa shape index (κ1) is 14.5. The van der Waals surface area contributed by atoms with E-state index in [2.05, 4.69) is 15.3 Å². The Bertz CT molecular complexity index is 659. The zero-order chi connectivity index (χ0) is 15.5. The van der Waals surface area contributed by atoms with Gasteiger partial charge >= 0.3 is 0 Å². The molecule has 116 valence electrons. The molecule has 0 atom stereocenters. The highest BCUT2D eigenvalue weighted by Crippen LogP contribution is 2.19. The first-order chi connectivity index (χ1) is 10.7. The molecule has 0 radical (unpaired) electrons. The SMILES string of the molecule is CCc1c(C(=O)N2CCCC2)cnn1-c1ccc(OC)nn1. The molecule has 1 amide bonds. The highest BCUT2D eigenvalue weighted by atomic mass is 16.5. The number of carbonyl (C=O) groups excluding carboxylic acids is 1. The summed E-state index contributed by atoms with van der Waals surface area (Å²) in [5, 5.41) is 12.4. The molecule has 1 aliphatic rings. The molecule has 0 aromatic carbocycles. The number of ether oxygens (including phenoxy) is 1. The van der Waals surface area contributed by atoms with E-state index in [1.165, 1.54) is 0 Å². The van der Waals surface area contributed by atoms with E-state index >= 15 is 0 Å². The maximum atomic E-state index is 12.6. The summed E-state index contributed by atoms with van der Waals surface area (Å²) in [4.78, 5) is 14.5. The van der Waals surface area contributed by atoms with Crippen molar-refractivity contribution in [1.82, 2.24) is 24.9 Å². The van der Waals surface area contributed by atoms with Crippen molar-refractivity contribution in [3.63, 3.8) is 0 Å². The van der Waals surface area contributed by atoms with Gasteiger partial charge in [-0.3, -0.25) is 4.79 Å². The zero-order valence-corrected chi connectivity index (χ0v) is 12.8. The van der Waals surface area contributed by atoms with Crippen LogP contribution in [0.5, 0.6) is 5.88 Å². The molecule has 7 heteroatoms. The van der Waals surface area contributed by atoms with Crippen molar-refractivity contribution in [2.24, 2.45) is 0 Å². The van der Waals surface area contributed by atoms with E-state index in [9.17, 15) is 4.79 Å². The number of aromatic nitrogens is 4. The molecule has 0 N–H and O–H groups in total. The monoisotopic (exact) mass is 301 g/mol. The Kier molecular flexibility index (Phi) is 4.04. The quantitative estimate of drug-likeness (QED) is 0.855. The first-order valence-corrected chi connectivity index (χ1v) is 7.49. The van der Waals surface area contributed by atoms with Crippen LogP contribution in [0.3, 0.4) is 0 Å². The van der Waals surface area contributed by atoms with E-state index in [1.54, 1.807) is 30.1 Å². The second-order valence-corrected chi connectivity index (χ2v) is 5.20. The van der Waals surface area contributed by atoms with Crippen molar-refractivity contribution in [2.75, 3.05) is 20.2 Å². The molecular weight excluding hydrogens is 282 g/mol. The van der Waals surface area contributed by atoms with Crippen molar-refractivity contribution in [2.45, 2.75) is 26.2 Å². The van der Waals surface area contributed by atoms with Crippen LogP contribution in [0.25, 0.3) is 5.82 Å². The molecule has 0 spiro atoms. The van der Waals surface area contributed by atoms with Crippen LogP contribution in [0.4, 0.5) is 0 Å². The highest BCUT2D eigenvalue weighted by molar-refractivity contribution is 5.95. The number of methoxy groups -OCH3 is 1. The number of nitrogens with zero attached hydrogens (tertiary/aromatic N) is 5. The van der Waals surface area contributed by atoms with Crippen molar-refractivity contribution in [1.29, 1.82) is 0 Å². The smallest absolute Gasteiger partial charge is 0.257 e. The summed E-state index contributed by atoms with van der Waals surface area (Å²) in [7, 11) is 1.54. The van der Waals surface area contributed by atoms with Gasteiger partial charge in [0.2, 0.25) is 5.88 Å². The summed E-state index contributed by atoms with van der Waals surface area (Å²) in [6.07, 6.45) is 4.48. The molecule has 0 unspecified atom stereocenters. The molecule has 1 fully saturated rings. The molecule has 0 bridgehead atoms. The second-order valence-electron chi connectivity index (χ2n) is 5.20. The number of likely N-dealkylation sites (tertiary alicyclic amines) is 1. The topological polar surface area (TPSA) is 73.1 Å². The maximum absolute atomic E-state index is 12.6. The molecule has 7 nitrogen and oxygen atoms in total. The summed E-state index contributed by atoms with van der Waals surface area (Å²) < 4.78 is 6.68. The van der Waals surface area contributed by atoms with Gasteiger partial charge in [0.25, 0.3) is 5.91 Å². The van der Waals surface area contributed by atoms with Gasteiger partial charge in [-0.1, -0.05) is 6.92 Å². The molecule has 2 aromatic rings. The third-order valence-electron chi connectivity index (χ3n) is 3.88. The van der Waals surface area contributed by atoms with Gasteiger partial charge in [-0.2, -0.15) is 5.10 Å².